The molecule has 3 heteroatoms. The van der Waals surface area contributed by atoms with Gasteiger partial charge in [-0.25, -0.2) is 4.98 Å². The van der Waals surface area contributed by atoms with Crippen molar-refractivity contribution in [1.29, 1.82) is 0 Å². The van der Waals surface area contributed by atoms with Crippen LogP contribution in [0.2, 0.25) is 0 Å². The van der Waals surface area contributed by atoms with Gasteiger partial charge in [-0.2, -0.15) is 0 Å². The molecule has 1 heterocycles. The number of hydrogen-bond acceptors (Lipinski definition) is 2. The van der Waals surface area contributed by atoms with Crippen molar-refractivity contribution in [3.8, 4) is 0 Å². The van der Waals surface area contributed by atoms with Crippen LogP contribution in [-0.2, 0) is 7.05 Å². The van der Waals surface area contributed by atoms with E-state index in [-0.39, 0.29) is 0 Å². The first-order chi connectivity index (χ1) is 4.20. The Bertz CT molecular complexity index is 193. The van der Waals surface area contributed by atoms with E-state index in [4.69, 9.17) is 5.11 Å². The Morgan fingerprint density at radius 1 is 1.78 bits per heavy atom. The number of aromatic nitrogens is 2. The second-order valence-corrected chi connectivity index (χ2v) is 2.14. The molecule has 0 aliphatic rings. The Morgan fingerprint density at radius 3 is 2.67 bits per heavy atom. The number of hydrogen-bond donors (Lipinski definition) is 1. The molecule has 0 aliphatic carbocycles. The van der Waals surface area contributed by atoms with Crippen molar-refractivity contribution in [2.45, 2.75) is 13.0 Å². The molecule has 0 aromatic carbocycles. The highest BCUT2D eigenvalue weighted by molar-refractivity contribution is 4.98. The number of nitrogens with zero attached hydrogens (tertiary/aromatic N) is 2. The van der Waals surface area contributed by atoms with E-state index in [0.717, 1.165) is 5.69 Å². The van der Waals surface area contributed by atoms with Gasteiger partial charge in [0.25, 0.3) is 0 Å². The van der Waals surface area contributed by atoms with Crippen LogP contribution in [0.3, 0.4) is 0 Å². The fourth-order valence-electron chi connectivity index (χ4n) is 0.649. The summed E-state index contributed by atoms with van der Waals surface area (Å²) in [6.45, 7) is 1.70. The predicted molar refractivity (Wildman–Crippen MR) is 33.8 cm³/mol. The van der Waals surface area contributed by atoms with Gasteiger partial charge >= 0.3 is 0 Å². The average Bonchev–Trinajstić information content (AvgIpc) is 2.14. The van der Waals surface area contributed by atoms with Crippen LogP contribution in [0, 0.1) is 0 Å². The van der Waals surface area contributed by atoms with Gasteiger partial charge in [-0.15, -0.1) is 0 Å². The maximum Gasteiger partial charge on any atom is 0.0947 e. The van der Waals surface area contributed by atoms with Gasteiger partial charge in [0.05, 0.1) is 18.1 Å². The van der Waals surface area contributed by atoms with Crippen molar-refractivity contribution in [2.24, 2.45) is 7.05 Å². The van der Waals surface area contributed by atoms with E-state index >= 15 is 0 Å². The Balaban J connectivity index is 2.85. The van der Waals surface area contributed by atoms with Crippen LogP contribution in [-0.4, -0.2) is 14.7 Å². The van der Waals surface area contributed by atoms with Crippen molar-refractivity contribution >= 4 is 0 Å². The monoisotopic (exact) mass is 126 g/mol. The van der Waals surface area contributed by atoms with E-state index in [9.17, 15) is 0 Å². The number of imidazole rings is 1. The van der Waals surface area contributed by atoms with Gasteiger partial charge in [-0.05, 0) is 6.92 Å². The summed E-state index contributed by atoms with van der Waals surface area (Å²) in [6, 6.07) is 0. The fourth-order valence-corrected chi connectivity index (χ4v) is 0.649. The smallest absolute Gasteiger partial charge is 0.0947 e. The molecule has 0 saturated heterocycles. The summed E-state index contributed by atoms with van der Waals surface area (Å²) in [5.41, 5.74) is 0.720. The molecule has 1 aromatic heterocycles. The van der Waals surface area contributed by atoms with Crippen LogP contribution in [0.1, 0.15) is 18.7 Å². The molecule has 1 atom stereocenters. The third-order valence-electron chi connectivity index (χ3n) is 1.15. The lowest BCUT2D eigenvalue weighted by Gasteiger charge is -1.94. The molecule has 3 nitrogen and oxygen atoms in total. The molecule has 0 spiro atoms. The quantitative estimate of drug-likeness (QED) is 0.594. The van der Waals surface area contributed by atoms with Gasteiger partial charge in [0, 0.05) is 13.2 Å². The standard InChI is InChI=1S/C6H10N2O/c1-5(9)6-3-8(2)4-7-6/h3-5,9H,1-2H3/t5-/m1/s1. The van der Waals surface area contributed by atoms with Gasteiger partial charge in [0.2, 0.25) is 0 Å². The lowest BCUT2D eigenvalue weighted by atomic mass is 10.3. The second kappa shape index (κ2) is 2.19. The molecule has 9 heavy (non-hydrogen) atoms. The van der Waals surface area contributed by atoms with Crippen LogP contribution >= 0.6 is 0 Å². The third kappa shape index (κ3) is 1.29. The van der Waals surface area contributed by atoms with E-state index in [0.29, 0.717) is 0 Å². The van der Waals surface area contributed by atoms with Crippen molar-refractivity contribution in [3.63, 3.8) is 0 Å². The van der Waals surface area contributed by atoms with Gasteiger partial charge < -0.3 is 9.67 Å². The molecule has 0 aliphatic heterocycles. The highest BCUT2D eigenvalue weighted by Crippen LogP contribution is 2.05. The Morgan fingerprint density at radius 2 is 2.44 bits per heavy atom. The SMILES string of the molecule is C[C@@H](O)c1cn(C)cn1. The molecule has 0 saturated carbocycles. The fraction of sp³-hybridized carbons (Fsp3) is 0.500. The molecule has 0 radical (unpaired) electrons. The van der Waals surface area contributed by atoms with E-state index in [2.05, 4.69) is 4.98 Å². The summed E-state index contributed by atoms with van der Waals surface area (Å²) in [5.74, 6) is 0. The molecular formula is C6H10N2O. The summed E-state index contributed by atoms with van der Waals surface area (Å²) in [7, 11) is 1.87. The molecule has 0 bridgehead atoms. The highest BCUT2D eigenvalue weighted by Gasteiger charge is 2.01. The molecule has 0 amide bonds. The van der Waals surface area contributed by atoms with Crippen LogP contribution < -0.4 is 0 Å². The molecular weight excluding hydrogens is 116 g/mol. The van der Waals surface area contributed by atoms with Crippen molar-refractivity contribution < 1.29 is 5.11 Å². The number of aliphatic hydroxyl groups is 1. The summed E-state index contributed by atoms with van der Waals surface area (Å²) in [6.07, 6.45) is 3.01. The van der Waals surface area contributed by atoms with E-state index < -0.39 is 6.10 Å². The Kier molecular flexibility index (Phi) is 1.53. The van der Waals surface area contributed by atoms with Gasteiger partial charge in [0.15, 0.2) is 0 Å². The molecule has 1 aromatic rings. The lowest BCUT2D eigenvalue weighted by molar-refractivity contribution is 0.195. The van der Waals surface area contributed by atoms with Crippen molar-refractivity contribution in [3.05, 3.63) is 18.2 Å². The minimum Gasteiger partial charge on any atom is -0.387 e. The first kappa shape index (κ1) is 6.29. The van der Waals surface area contributed by atoms with E-state index in [1.54, 1.807) is 19.4 Å². The Labute approximate surface area is 54.0 Å². The normalized spacial score (nSPS) is 13.7. The molecule has 0 fully saturated rings. The van der Waals surface area contributed by atoms with Crippen LogP contribution in [0.15, 0.2) is 12.5 Å². The van der Waals surface area contributed by atoms with Gasteiger partial charge in [-0.3, -0.25) is 0 Å². The maximum absolute atomic E-state index is 8.96. The van der Waals surface area contributed by atoms with E-state index in [1.807, 2.05) is 11.6 Å². The summed E-state index contributed by atoms with van der Waals surface area (Å²) in [5, 5.41) is 8.96. The zero-order valence-electron chi connectivity index (χ0n) is 5.57. The van der Waals surface area contributed by atoms with Crippen LogP contribution in [0.25, 0.3) is 0 Å². The minimum absolute atomic E-state index is 0.453. The third-order valence-corrected chi connectivity index (χ3v) is 1.15. The van der Waals surface area contributed by atoms with Gasteiger partial charge in [-0.1, -0.05) is 0 Å². The topological polar surface area (TPSA) is 38.0 Å². The zero-order chi connectivity index (χ0) is 6.85. The first-order valence-corrected chi connectivity index (χ1v) is 2.86. The maximum atomic E-state index is 8.96. The molecule has 50 valence electrons. The summed E-state index contributed by atoms with van der Waals surface area (Å²) >= 11 is 0. The first-order valence-electron chi connectivity index (χ1n) is 2.86. The largest absolute Gasteiger partial charge is 0.387 e. The number of rotatable bonds is 1. The van der Waals surface area contributed by atoms with Crippen LogP contribution in [0.4, 0.5) is 0 Å². The molecule has 0 unspecified atom stereocenters. The minimum atomic E-state index is -0.453. The van der Waals surface area contributed by atoms with Crippen LogP contribution in [0.5, 0.6) is 0 Å². The summed E-state index contributed by atoms with van der Waals surface area (Å²) in [4.78, 5) is 3.93. The number of aliphatic hydroxyl groups excluding tert-OH is 1. The van der Waals surface area contributed by atoms with Crippen molar-refractivity contribution in [2.75, 3.05) is 0 Å². The lowest BCUT2D eigenvalue weighted by Crippen LogP contribution is -1.89. The highest BCUT2D eigenvalue weighted by atomic mass is 16.3. The van der Waals surface area contributed by atoms with Crippen molar-refractivity contribution in [1.82, 2.24) is 9.55 Å². The zero-order valence-corrected chi connectivity index (χ0v) is 5.57. The predicted octanol–water partition coefficient (Wildman–Crippen LogP) is 0.473. The van der Waals surface area contributed by atoms with Gasteiger partial charge in [0.1, 0.15) is 0 Å². The molecule has 1 rings (SSSR count). The van der Waals surface area contributed by atoms with E-state index in [1.165, 1.54) is 0 Å². The average molecular weight is 126 g/mol. The molecule has 1 N–H and O–H groups in total. The Hall–Kier alpha value is -0.830. The summed E-state index contributed by atoms with van der Waals surface area (Å²) < 4.78 is 1.81. The number of aryl methyl sites for hydroxylation is 1. The second-order valence-electron chi connectivity index (χ2n) is 2.14.